The van der Waals surface area contributed by atoms with E-state index in [-0.39, 0.29) is 20.1 Å². The summed E-state index contributed by atoms with van der Waals surface area (Å²) in [6, 6.07) is 104. The van der Waals surface area contributed by atoms with Crippen molar-refractivity contribution in [3.05, 3.63) is 311 Å². The molecule has 14 heteroatoms. The predicted molar refractivity (Wildman–Crippen MR) is 385 cm³/mol. The van der Waals surface area contributed by atoms with Crippen molar-refractivity contribution in [1.29, 1.82) is 0 Å². The van der Waals surface area contributed by atoms with Gasteiger partial charge in [-0.05, 0) is 0 Å². The minimum absolute atomic E-state index is 0.121. The first-order valence-electron chi connectivity index (χ1n) is 30.3. The van der Waals surface area contributed by atoms with Crippen LogP contribution in [0.5, 0.6) is 11.5 Å². The van der Waals surface area contributed by atoms with Gasteiger partial charge in [-0.15, -0.1) is 0 Å². The molecule has 20 rings (SSSR count). The summed E-state index contributed by atoms with van der Waals surface area (Å²) in [6.07, 6.45) is 0. The summed E-state index contributed by atoms with van der Waals surface area (Å²) in [5.74, 6) is 0.610. The molecule has 0 aliphatic carbocycles. The Morgan fingerprint density at radius 1 is 0.217 bits per heavy atom. The van der Waals surface area contributed by atoms with Gasteiger partial charge in [-0.2, -0.15) is 0 Å². The van der Waals surface area contributed by atoms with Gasteiger partial charge in [0.15, 0.2) is 0 Å². The number of hydrogen-bond acceptors (Lipinski definition) is 8. The van der Waals surface area contributed by atoms with Crippen LogP contribution in [0.15, 0.2) is 291 Å². The number of halogens is 4. The van der Waals surface area contributed by atoms with E-state index in [0.717, 1.165) is 61.7 Å². The molecule has 0 saturated carbocycles. The van der Waals surface area contributed by atoms with E-state index >= 15 is 0 Å². The van der Waals surface area contributed by atoms with E-state index in [1.165, 1.54) is 51.2 Å². The van der Waals surface area contributed by atoms with E-state index in [2.05, 4.69) is 302 Å². The van der Waals surface area contributed by atoms with E-state index < -0.39 is 40.0 Å². The first kappa shape index (κ1) is 54.8. The quantitative estimate of drug-likeness (QED) is 0.0926. The Morgan fingerprint density at radius 2 is 0.402 bits per heavy atom. The number of para-hydroxylation sites is 6. The Bertz CT molecular complexity index is 4620. The van der Waals surface area contributed by atoms with Crippen molar-refractivity contribution < 1.29 is 6.03 Å². The molecule has 0 atom stereocenters. The number of benzene rings is 13. The van der Waals surface area contributed by atoms with Crippen molar-refractivity contribution >= 4 is 209 Å². The maximum atomic E-state index is 7.85. The third-order valence-electron chi connectivity index (χ3n) is 18.5. The summed E-state index contributed by atoms with van der Waals surface area (Å²) < 4.78 is 23.3. The summed E-state index contributed by atoms with van der Waals surface area (Å²) in [5.41, 5.74) is 20.3. The summed E-state index contributed by atoms with van der Waals surface area (Å²) >= 11 is 19.1. The monoisotopic (exact) mass is 1570 g/mol. The van der Waals surface area contributed by atoms with Gasteiger partial charge < -0.3 is 0 Å². The van der Waals surface area contributed by atoms with Gasteiger partial charge in [0, 0.05) is 0 Å². The second-order valence-corrected chi connectivity index (χ2v) is 43.0. The molecule has 1 spiro atoms. The first-order chi connectivity index (χ1) is 45.3. The van der Waals surface area contributed by atoms with Crippen LogP contribution in [-0.4, -0.2) is 40.0 Å². The normalized spacial score (nSPS) is 15.6. The third-order valence-corrected chi connectivity index (χ3v) is 44.8. The van der Waals surface area contributed by atoms with Crippen LogP contribution in [0.4, 0.5) is 102 Å². The zero-order valence-corrected chi connectivity index (χ0v) is 57.7. The fourth-order valence-electron chi connectivity index (χ4n) is 15.2. The molecule has 0 unspecified atom stereocenters. The van der Waals surface area contributed by atoms with Crippen molar-refractivity contribution in [3.63, 3.8) is 0 Å². The molecule has 7 aliphatic heterocycles. The van der Waals surface area contributed by atoms with Gasteiger partial charge in [-0.1, -0.05) is 0 Å². The average molecular weight is 1570 g/mol. The molecule has 0 saturated heterocycles. The van der Waals surface area contributed by atoms with Gasteiger partial charge >= 0.3 is 567 Å². The predicted octanol–water partition coefficient (Wildman–Crippen LogP) is 19.1. The summed E-state index contributed by atoms with van der Waals surface area (Å²) in [6.45, 7) is 0. The van der Waals surface area contributed by atoms with Crippen molar-refractivity contribution in [2.75, 3.05) is 29.4 Å². The molecule has 0 N–H and O–H groups in total. The SMILES string of the molecule is Clc1c(Cl)c(Cl)c2c(c1Cl)[O][Sb]13([O]2)[c]2c4cccc2N(c2ccccc2)c2cccc([c]21)N(c1ccccc1)c1cccc([c]13)N4c1ccccc1.c1ccc(N2c3cccc4[c]3[Bi]3[c]5c2cccc5N(c2ccccc2)c2cccc([c]23)N4c2ccccc2)cc1. The second kappa shape index (κ2) is 20.6. The number of fused-ring (bicyclic) bond motifs is 1. The zero-order chi connectivity index (χ0) is 61.2. The number of anilines is 18. The van der Waals surface area contributed by atoms with Crippen LogP contribution in [0.1, 0.15) is 0 Å². The van der Waals surface area contributed by atoms with E-state index in [9.17, 15) is 0 Å². The molecular weight excluding hydrogens is 1530 g/mol. The van der Waals surface area contributed by atoms with Gasteiger partial charge in [0.05, 0.1) is 0 Å². The number of nitrogens with zero attached hydrogens (tertiary/aromatic N) is 6. The van der Waals surface area contributed by atoms with Crippen molar-refractivity contribution in [2.24, 2.45) is 0 Å². The van der Waals surface area contributed by atoms with E-state index in [1.54, 1.807) is 9.81 Å². The number of hydrogen-bond donors (Lipinski definition) is 0. The summed E-state index contributed by atoms with van der Waals surface area (Å²) in [7, 11) is 0. The first-order valence-corrected chi connectivity index (χ1v) is 43.0. The van der Waals surface area contributed by atoms with Gasteiger partial charge in [0.1, 0.15) is 0 Å². The van der Waals surface area contributed by atoms with Crippen LogP contribution in [0, 0.1) is 0 Å². The number of rotatable bonds is 6. The fourth-order valence-corrected chi connectivity index (χ4v) is 45.1. The Balaban J connectivity index is 0.000000136. The van der Waals surface area contributed by atoms with Crippen molar-refractivity contribution in [2.45, 2.75) is 0 Å². The average Bonchev–Trinajstić information content (AvgIpc) is 1.17. The Hall–Kier alpha value is -8.88. The summed E-state index contributed by atoms with van der Waals surface area (Å²) in [5, 5.41) is 0.576. The molecule has 7 aliphatic rings. The maximum absolute atomic E-state index is 7.85. The Kier molecular flexibility index (Phi) is 12.3. The van der Waals surface area contributed by atoms with Crippen LogP contribution in [0.25, 0.3) is 0 Å². The van der Waals surface area contributed by atoms with Crippen LogP contribution in [-0.2, 0) is 0 Å². The fraction of sp³-hybridized carbons (Fsp3) is 0. The van der Waals surface area contributed by atoms with Gasteiger partial charge in [-0.3, -0.25) is 0 Å². The molecule has 0 aromatic heterocycles. The molecule has 92 heavy (non-hydrogen) atoms. The topological polar surface area (TPSA) is 37.9 Å². The van der Waals surface area contributed by atoms with Crippen LogP contribution >= 0.6 is 46.4 Å². The summed E-state index contributed by atoms with van der Waals surface area (Å²) in [4.78, 5) is 14.5. The van der Waals surface area contributed by atoms with Crippen LogP contribution in [0.2, 0.25) is 20.1 Å². The molecule has 13 aromatic carbocycles. The standard InChI is InChI=1S/2C36H24N3.C6H2Cl4O2.Bi.Sb/c2*1-4-13-28(14-5-1)37-31-19-10-21-33(25-31)38(29-15-6-2-7-16-29)35-23-12-24-36(27-35)39(30-17-8-3-9-18-30)34-22-11-20-32(37)26-34;7-1-2(8)4(10)6(12)5(11)3(1)9;;/h2*1-24H;11-12H;;/q;;;;+2/p-2. The minimum atomic E-state index is -5.95. The molecule has 0 bridgehead atoms. The van der Waals surface area contributed by atoms with Gasteiger partial charge in [0.25, 0.3) is 0 Å². The molecule has 7 heterocycles. The molecule has 0 amide bonds. The Labute approximate surface area is 561 Å². The van der Waals surface area contributed by atoms with Crippen molar-refractivity contribution in [1.82, 2.24) is 0 Å². The van der Waals surface area contributed by atoms with E-state index in [0.29, 0.717) is 11.5 Å². The van der Waals surface area contributed by atoms with Crippen molar-refractivity contribution in [3.8, 4) is 11.5 Å². The van der Waals surface area contributed by atoms with Gasteiger partial charge in [-0.25, -0.2) is 0 Å². The molecular formula is C78H48BiCl4N6O2Sb. The van der Waals surface area contributed by atoms with Gasteiger partial charge in [0.2, 0.25) is 0 Å². The third kappa shape index (κ3) is 7.30. The van der Waals surface area contributed by atoms with Crippen LogP contribution < -0.4 is 55.8 Å². The van der Waals surface area contributed by atoms with Crippen LogP contribution in [0.3, 0.4) is 0 Å². The molecule has 440 valence electrons. The second-order valence-electron chi connectivity index (χ2n) is 23.3. The van der Waals surface area contributed by atoms with E-state index in [4.69, 9.17) is 52.4 Å². The Morgan fingerprint density at radius 3 is 0.609 bits per heavy atom. The van der Waals surface area contributed by atoms with E-state index in [1.807, 2.05) is 18.2 Å². The zero-order valence-electron chi connectivity index (χ0n) is 48.6. The molecule has 13 aromatic rings. The molecule has 0 radical (unpaired) electrons. The molecule has 8 nitrogen and oxygen atoms in total. The molecule has 0 fully saturated rings.